The van der Waals surface area contributed by atoms with Gasteiger partial charge in [-0.25, -0.2) is 0 Å². The van der Waals surface area contributed by atoms with Crippen molar-refractivity contribution >= 4 is 11.3 Å². The highest BCUT2D eigenvalue weighted by Crippen LogP contribution is 2.28. The molecule has 0 atom stereocenters. The highest BCUT2D eigenvalue weighted by atomic mass is 32.1. The smallest absolute Gasteiger partial charge is 0.00612 e. The van der Waals surface area contributed by atoms with Crippen LogP contribution in [0.2, 0.25) is 0 Å². The molecule has 0 radical (unpaired) electrons. The molecule has 0 aromatic carbocycles. The maximum atomic E-state index is 2.29. The zero-order valence-corrected chi connectivity index (χ0v) is 7.57. The third-order valence-corrected chi connectivity index (χ3v) is 3.31. The van der Waals surface area contributed by atoms with Crippen molar-refractivity contribution in [3.8, 4) is 0 Å². The predicted octanol–water partition coefficient (Wildman–Crippen LogP) is 3.48. The average Bonchev–Trinajstić information content (AvgIpc) is 2.60. The molecule has 1 fully saturated rings. The number of rotatable bonds is 2. The molecular weight excluding hydrogens is 152 g/mol. The second-order valence-electron chi connectivity index (χ2n) is 3.49. The van der Waals surface area contributed by atoms with Crippen molar-refractivity contribution < 1.29 is 0 Å². The third-order valence-electron chi connectivity index (χ3n) is 2.58. The number of hydrogen-bond acceptors (Lipinski definition) is 1. The summed E-state index contributed by atoms with van der Waals surface area (Å²) in [5.74, 6) is 1.00. The van der Waals surface area contributed by atoms with Crippen molar-refractivity contribution in [1.29, 1.82) is 0 Å². The Hall–Kier alpha value is -0.300. The van der Waals surface area contributed by atoms with Crippen molar-refractivity contribution in [2.45, 2.75) is 32.1 Å². The highest BCUT2D eigenvalue weighted by molar-refractivity contribution is 7.07. The first-order chi connectivity index (χ1) is 5.45. The van der Waals surface area contributed by atoms with Gasteiger partial charge in [0.1, 0.15) is 0 Å². The minimum Gasteiger partial charge on any atom is -0.152 e. The highest BCUT2D eigenvalue weighted by Gasteiger charge is 2.14. The monoisotopic (exact) mass is 166 g/mol. The summed E-state index contributed by atoms with van der Waals surface area (Å²) in [6, 6.07) is 2.27. The fourth-order valence-corrected chi connectivity index (χ4v) is 2.64. The van der Waals surface area contributed by atoms with Crippen LogP contribution in [0.1, 0.15) is 31.2 Å². The first kappa shape index (κ1) is 7.35. The summed E-state index contributed by atoms with van der Waals surface area (Å²) >= 11 is 1.82. The SMILES string of the molecule is c1cc(CC2CCCC2)cs1. The maximum absolute atomic E-state index is 2.29. The van der Waals surface area contributed by atoms with Crippen LogP contribution in [0.3, 0.4) is 0 Å². The van der Waals surface area contributed by atoms with Gasteiger partial charge in [0.2, 0.25) is 0 Å². The van der Waals surface area contributed by atoms with Gasteiger partial charge in [0, 0.05) is 0 Å². The van der Waals surface area contributed by atoms with Crippen molar-refractivity contribution in [3.05, 3.63) is 22.4 Å². The van der Waals surface area contributed by atoms with E-state index in [-0.39, 0.29) is 0 Å². The van der Waals surface area contributed by atoms with Gasteiger partial charge in [-0.1, -0.05) is 25.7 Å². The minimum absolute atomic E-state index is 1.00. The molecule has 11 heavy (non-hydrogen) atoms. The van der Waals surface area contributed by atoms with E-state index in [0.717, 1.165) is 5.92 Å². The molecule has 1 aromatic rings. The second-order valence-corrected chi connectivity index (χ2v) is 4.27. The van der Waals surface area contributed by atoms with Crippen molar-refractivity contribution in [3.63, 3.8) is 0 Å². The normalized spacial score (nSPS) is 19.3. The molecule has 0 amide bonds. The summed E-state index contributed by atoms with van der Waals surface area (Å²) in [4.78, 5) is 0. The molecule has 1 aliphatic carbocycles. The Balaban J connectivity index is 1.90. The molecule has 1 saturated carbocycles. The van der Waals surface area contributed by atoms with Crippen molar-refractivity contribution in [2.75, 3.05) is 0 Å². The van der Waals surface area contributed by atoms with E-state index >= 15 is 0 Å². The van der Waals surface area contributed by atoms with E-state index in [1.54, 1.807) is 5.56 Å². The van der Waals surface area contributed by atoms with Crippen LogP contribution in [-0.2, 0) is 6.42 Å². The lowest BCUT2D eigenvalue weighted by Crippen LogP contribution is -1.96. The molecule has 0 nitrogen and oxygen atoms in total. The Morgan fingerprint density at radius 1 is 1.36 bits per heavy atom. The quantitative estimate of drug-likeness (QED) is 0.631. The van der Waals surface area contributed by atoms with Crippen LogP contribution in [0.15, 0.2) is 16.8 Å². The fourth-order valence-electron chi connectivity index (χ4n) is 1.96. The van der Waals surface area contributed by atoms with E-state index in [2.05, 4.69) is 16.8 Å². The lowest BCUT2D eigenvalue weighted by Gasteiger charge is -2.05. The summed E-state index contributed by atoms with van der Waals surface area (Å²) in [6.45, 7) is 0. The molecule has 1 heteroatoms. The van der Waals surface area contributed by atoms with Crippen LogP contribution in [0.25, 0.3) is 0 Å². The van der Waals surface area contributed by atoms with Gasteiger partial charge in [-0.3, -0.25) is 0 Å². The average molecular weight is 166 g/mol. The van der Waals surface area contributed by atoms with E-state index in [1.165, 1.54) is 32.1 Å². The molecule has 60 valence electrons. The summed E-state index contributed by atoms with van der Waals surface area (Å²) in [6.07, 6.45) is 7.21. The van der Waals surface area contributed by atoms with E-state index in [0.29, 0.717) is 0 Å². The summed E-state index contributed by atoms with van der Waals surface area (Å²) in [7, 11) is 0. The Morgan fingerprint density at radius 3 is 2.82 bits per heavy atom. The molecule has 1 heterocycles. The summed E-state index contributed by atoms with van der Waals surface area (Å²) in [5.41, 5.74) is 1.56. The predicted molar refractivity (Wildman–Crippen MR) is 50.0 cm³/mol. The van der Waals surface area contributed by atoms with Gasteiger partial charge in [-0.15, -0.1) is 0 Å². The minimum atomic E-state index is 1.00. The fraction of sp³-hybridized carbons (Fsp3) is 0.600. The van der Waals surface area contributed by atoms with Crippen LogP contribution in [-0.4, -0.2) is 0 Å². The van der Waals surface area contributed by atoms with Crippen molar-refractivity contribution in [1.82, 2.24) is 0 Å². The van der Waals surface area contributed by atoms with Crippen LogP contribution in [0.5, 0.6) is 0 Å². The molecule has 0 aliphatic heterocycles. The van der Waals surface area contributed by atoms with Crippen LogP contribution >= 0.6 is 11.3 Å². The van der Waals surface area contributed by atoms with Gasteiger partial charge in [-0.2, -0.15) is 11.3 Å². The molecule has 0 bridgehead atoms. The molecular formula is C10H14S. The van der Waals surface area contributed by atoms with Gasteiger partial charge < -0.3 is 0 Å². The van der Waals surface area contributed by atoms with Gasteiger partial charge in [0.05, 0.1) is 0 Å². The van der Waals surface area contributed by atoms with E-state index in [4.69, 9.17) is 0 Å². The third kappa shape index (κ3) is 1.84. The first-order valence-corrected chi connectivity index (χ1v) is 5.40. The van der Waals surface area contributed by atoms with E-state index in [1.807, 2.05) is 11.3 Å². The number of thiophene rings is 1. The Labute approximate surface area is 72.3 Å². The summed E-state index contributed by atoms with van der Waals surface area (Å²) in [5, 5.41) is 4.47. The second kappa shape index (κ2) is 3.40. The molecule has 0 unspecified atom stereocenters. The molecule has 1 aromatic heterocycles. The van der Waals surface area contributed by atoms with E-state index < -0.39 is 0 Å². The Bertz CT molecular complexity index is 195. The van der Waals surface area contributed by atoms with Crippen LogP contribution < -0.4 is 0 Å². The number of hydrogen-bond donors (Lipinski definition) is 0. The first-order valence-electron chi connectivity index (χ1n) is 4.46. The lowest BCUT2D eigenvalue weighted by atomic mass is 10.0. The van der Waals surface area contributed by atoms with Crippen molar-refractivity contribution in [2.24, 2.45) is 5.92 Å². The van der Waals surface area contributed by atoms with Crippen LogP contribution in [0.4, 0.5) is 0 Å². The van der Waals surface area contributed by atoms with Gasteiger partial charge in [0.25, 0.3) is 0 Å². The van der Waals surface area contributed by atoms with Gasteiger partial charge in [-0.05, 0) is 34.7 Å². The Kier molecular flexibility index (Phi) is 2.27. The molecule has 0 saturated heterocycles. The standard InChI is InChI=1S/C10H14S/c1-2-4-9(3-1)7-10-5-6-11-8-10/h5-6,8-9H,1-4,7H2. The van der Waals surface area contributed by atoms with E-state index in [9.17, 15) is 0 Å². The topological polar surface area (TPSA) is 0 Å². The molecule has 0 spiro atoms. The summed E-state index contributed by atoms with van der Waals surface area (Å²) < 4.78 is 0. The molecule has 1 aliphatic rings. The maximum Gasteiger partial charge on any atom is -0.00612 e. The zero-order chi connectivity index (χ0) is 7.52. The molecule has 0 N–H and O–H groups in total. The molecule has 2 rings (SSSR count). The zero-order valence-electron chi connectivity index (χ0n) is 6.75. The van der Waals surface area contributed by atoms with Gasteiger partial charge in [0.15, 0.2) is 0 Å². The largest absolute Gasteiger partial charge is 0.152 e. The Morgan fingerprint density at radius 2 is 2.18 bits per heavy atom. The van der Waals surface area contributed by atoms with Gasteiger partial charge >= 0.3 is 0 Å². The lowest BCUT2D eigenvalue weighted by molar-refractivity contribution is 0.547. The van der Waals surface area contributed by atoms with Crippen LogP contribution in [0, 0.1) is 5.92 Å².